The first-order chi connectivity index (χ1) is 10.1. The van der Waals surface area contributed by atoms with Gasteiger partial charge in [-0.05, 0) is 41.3 Å². The van der Waals surface area contributed by atoms with E-state index in [0.717, 1.165) is 18.7 Å². The summed E-state index contributed by atoms with van der Waals surface area (Å²) in [4.78, 5) is 0. The van der Waals surface area contributed by atoms with Crippen LogP contribution in [0.5, 0.6) is 5.75 Å². The normalized spacial score (nSPS) is 16.9. The van der Waals surface area contributed by atoms with Crippen LogP contribution in [0.4, 0.5) is 0 Å². The van der Waals surface area contributed by atoms with Crippen molar-refractivity contribution in [1.29, 1.82) is 0 Å². The molecule has 1 heterocycles. The van der Waals surface area contributed by atoms with E-state index in [-0.39, 0.29) is 0 Å². The van der Waals surface area contributed by atoms with Gasteiger partial charge in [0.15, 0.2) is 0 Å². The van der Waals surface area contributed by atoms with Crippen molar-refractivity contribution in [2.24, 2.45) is 0 Å². The fourth-order valence-electron chi connectivity index (χ4n) is 2.86. The van der Waals surface area contributed by atoms with Gasteiger partial charge in [0.05, 0.1) is 0 Å². The first-order valence-corrected chi connectivity index (χ1v) is 7.74. The van der Waals surface area contributed by atoms with E-state index >= 15 is 0 Å². The average Bonchev–Trinajstić information content (AvgIpc) is 2.84. The van der Waals surface area contributed by atoms with Gasteiger partial charge in [-0.25, -0.2) is 0 Å². The summed E-state index contributed by atoms with van der Waals surface area (Å²) >= 11 is 0. The van der Waals surface area contributed by atoms with Crippen molar-refractivity contribution < 1.29 is 4.74 Å². The summed E-state index contributed by atoms with van der Waals surface area (Å²) < 4.78 is 5.79. The van der Waals surface area contributed by atoms with Gasteiger partial charge in [0.2, 0.25) is 0 Å². The summed E-state index contributed by atoms with van der Waals surface area (Å²) in [6.45, 7) is 7.38. The van der Waals surface area contributed by atoms with Gasteiger partial charge in [0.25, 0.3) is 0 Å². The number of rotatable bonds is 4. The second-order valence-corrected chi connectivity index (χ2v) is 6.15. The molecule has 3 rings (SSSR count). The van der Waals surface area contributed by atoms with Crippen LogP contribution in [0.25, 0.3) is 11.1 Å². The van der Waals surface area contributed by atoms with Crippen LogP contribution in [0.2, 0.25) is 0 Å². The zero-order valence-corrected chi connectivity index (χ0v) is 13.0. The highest BCUT2D eigenvalue weighted by Gasteiger charge is 2.19. The number of benzene rings is 2. The Labute approximate surface area is 127 Å². The molecule has 1 N–H and O–H groups in total. The van der Waals surface area contributed by atoms with Crippen LogP contribution in [-0.2, 0) is 13.0 Å². The number of fused-ring (bicyclic) bond motifs is 1. The molecule has 0 radical (unpaired) electrons. The monoisotopic (exact) mass is 281 g/mol. The third kappa shape index (κ3) is 3.11. The highest BCUT2D eigenvalue weighted by molar-refractivity contribution is 5.69. The van der Waals surface area contributed by atoms with E-state index < -0.39 is 0 Å². The van der Waals surface area contributed by atoms with Crippen molar-refractivity contribution >= 4 is 0 Å². The van der Waals surface area contributed by atoms with Crippen LogP contribution < -0.4 is 10.1 Å². The maximum atomic E-state index is 5.79. The molecule has 1 atom stereocenters. The molecule has 0 amide bonds. The zero-order chi connectivity index (χ0) is 14.8. The van der Waals surface area contributed by atoms with Gasteiger partial charge in [-0.3, -0.25) is 0 Å². The third-order valence-electron chi connectivity index (χ3n) is 3.93. The summed E-state index contributed by atoms with van der Waals surface area (Å²) in [5.74, 6) is 1.05. The van der Waals surface area contributed by atoms with Gasteiger partial charge in [-0.15, -0.1) is 0 Å². The summed E-state index contributed by atoms with van der Waals surface area (Å²) in [6.07, 6.45) is 1.31. The van der Waals surface area contributed by atoms with E-state index in [9.17, 15) is 0 Å². The van der Waals surface area contributed by atoms with Gasteiger partial charge in [-0.1, -0.05) is 44.2 Å². The minimum atomic E-state index is 0.299. The molecule has 2 aromatic rings. The van der Waals surface area contributed by atoms with Crippen molar-refractivity contribution in [3.63, 3.8) is 0 Å². The molecule has 0 saturated carbocycles. The molecule has 2 aromatic carbocycles. The van der Waals surface area contributed by atoms with E-state index in [1.807, 2.05) is 0 Å². The lowest BCUT2D eigenvalue weighted by atomic mass is 9.97. The van der Waals surface area contributed by atoms with Crippen LogP contribution in [-0.4, -0.2) is 12.1 Å². The minimum absolute atomic E-state index is 0.299. The highest BCUT2D eigenvalue weighted by Crippen LogP contribution is 2.33. The van der Waals surface area contributed by atoms with Crippen molar-refractivity contribution in [2.45, 2.75) is 45.9 Å². The molecule has 2 heteroatoms. The van der Waals surface area contributed by atoms with Gasteiger partial charge < -0.3 is 10.1 Å². The SMILES string of the molecule is CC(C)NCc1ccccc1-c1ccc2c(c1)CC(C)O2. The Hall–Kier alpha value is -1.80. The van der Waals surface area contributed by atoms with E-state index in [2.05, 4.69) is 68.6 Å². The predicted octanol–water partition coefficient (Wildman–Crippen LogP) is 4.18. The molecule has 0 saturated heterocycles. The molecule has 0 aromatic heterocycles. The standard InChI is InChI=1S/C19H23NO/c1-13(2)20-12-16-6-4-5-7-18(16)15-8-9-19-17(11-15)10-14(3)21-19/h4-9,11,13-14,20H,10,12H2,1-3H3. The summed E-state index contributed by atoms with van der Waals surface area (Å²) in [5, 5.41) is 3.51. The molecule has 110 valence electrons. The number of hydrogen-bond donors (Lipinski definition) is 1. The number of hydrogen-bond acceptors (Lipinski definition) is 2. The second kappa shape index (κ2) is 5.90. The van der Waals surface area contributed by atoms with Gasteiger partial charge in [0, 0.05) is 19.0 Å². The van der Waals surface area contributed by atoms with E-state index in [4.69, 9.17) is 4.74 Å². The quantitative estimate of drug-likeness (QED) is 0.908. The van der Waals surface area contributed by atoms with E-state index in [1.165, 1.54) is 22.3 Å². The summed E-state index contributed by atoms with van der Waals surface area (Å²) in [7, 11) is 0. The first-order valence-electron chi connectivity index (χ1n) is 7.74. The van der Waals surface area contributed by atoms with Crippen molar-refractivity contribution in [2.75, 3.05) is 0 Å². The van der Waals surface area contributed by atoms with Crippen LogP contribution in [0, 0.1) is 0 Å². The Balaban J connectivity index is 1.92. The molecule has 0 aliphatic carbocycles. The molecule has 0 spiro atoms. The van der Waals surface area contributed by atoms with Crippen LogP contribution in [0.3, 0.4) is 0 Å². The lowest BCUT2D eigenvalue weighted by Gasteiger charge is -2.13. The minimum Gasteiger partial charge on any atom is -0.490 e. The fraction of sp³-hybridized carbons (Fsp3) is 0.368. The first kappa shape index (κ1) is 14.2. The fourth-order valence-corrected chi connectivity index (χ4v) is 2.86. The van der Waals surface area contributed by atoms with Gasteiger partial charge >= 0.3 is 0 Å². The largest absolute Gasteiger partial charge is 0.490 e. The van der Waals surface area contributed by atoms with Crippen molar-refractivity contribution in [3.8, 4) is 16.9 Å². The van der Waals surface area contributed by atoms with Gasteiger partial charge in [-0.2, -0.15) is 0 Å². The Bertz CT molecular complexity index is 633. The maximum absolute atomic E-state index is 5.79. The molecular formula is C19H23NO. The summed E-state index contributed by atoms with van der Waals surface area (Å²) in [6, 6.07) is 15.7. The predicted molar refractivity (Wildman–Crippen MR) is 87.6 cm³/mol. The average molecular weight is 281 g/mol. The maximum Gasteiger partial charge on any atom is 0.123 e. The molecule has 0 bridgehead atoms. The number of nitrogens with one attached hydrogen (secondary N) is 1. The van der Waals surface area contributed by atoms with Gasteiger partial charge in [0.1, 0.15) is 11.9 Å². The van der Waals surface area contributed by atoms with E-state index in [0.29, 0.717) is 12.1 Å². The topological polar surface area (TPSA) is 21.3 Å². The second-order valence-electron chi connectivity index (χ2n) is 6.15. The molecule has 21 heavy (non-hydrogen) atoms. The summed E-state index contributed by atoms with van der Waals surface area (Å²) in [5.41, 5.74) is 5.27. The zero-order valence-electron chi connectivity index (χ0n) is 13.0. The van der Waals surface area contributed by atoms with Crippen molar-refractivity contribution in [1.82, 2.24) is 5.32 Å². The number of ether oxygens (including phenoxy) is 1. The molecule has 1 unspecified atom stereocenters. The molecule has 0 fully saturated rings. The molecular weight excluding hydrogens is 258 g/mol. The third-order valence-corrected chi connectivity index (χ3v) is 3.93. The Morgan fingerprint density at radius 3 is 2.81 bits per heavy atom. The molecule has 1 aliphatic heterocycles. The lowest BCUT2D eigenvalue weighted by Crippen LogP contribution is -2.22. The molecule has 2 nitrogen and oxygen atoms in total. The highest BCUT2D eigenvalue weighted by atomic mass is 16.5. The van der Waals surface area contributed by atoms with Crippen LogP contribution in [0.15, 0.2) is 42.5 Å². The Morgan fingerprint density at radius 2 is 2.00 bits per heavy atom. The Morgan fingerprint density at radius 1 is 1.19 bits per heavy atom. The molecule has 1 aliphatic rings. The van der Waals surface area contributed by atoms with E-state index in [1.54, 1.807) is 0 Å². The smallest absolute Gasteiger partial charge is 0.123 e. The van der Waals surface area contributed by atoms with Crippen LogP contribution >= 0.6 is 0 Å². The Kier molecular flexibility index (Phi) is 3.98. The van der Waals surface area contributed by atoms with Crippen molar-refractivity contribution in [3.05, 3.63) is 53.6 Å². The lowest BCUT2D eigenvalue weighted by molar-refractivity contribution is 0.254. The van der Waals surface area contributed by atoms with Crippen LogP contribution in [0.1, 0.15) is 31.9 Å².